The van der Waals surface area contributed by atoms with E-state index in [0.29, 0.717) is 12.1 Å². The maximum Gasteiger partial charge on any atom is 0.221 e. The van der Waals surface area contributed by atoms with Crippen LogP contribution in [0.3, 0.4) is 0 Å². The molecule has 0 bridgehead atoms. The van der Waals surface area contributed by atoms with Crippen LogP contribution in [-0.2, 0) is 11.3 Å². The average Bonchev–Trinajstić information content (AvgIpc) is 2.64. The number of rotatable bonds is 4. The smallest absolute Gasteiger partial charge is 0.221 e. The molecular weight excluding hydrogens is 272 g/mol. The number of benzene rings is 1. The molecule has 1 aromatic heterocycles. The Morgan fingerprint density at radius 2 is 2.21 bits per heavy atom. The number of fused-ring (bicyclic) bond motifs is 1. The highest BCUT2D eigenvalue weighted by Crippen LogP contribution is 2.19. The van der Waals surface area contributed by atoms with Crippen LogP contribution in [0.15, 0.2) is 12.1 Å². The first-order valence-electron chi connectivity index (χ1n) is 5.87. The molecule has 0 saturated heterocycles. The summed E-state index contributed by atoms with van der Waals surface area (Å²) >= 11 is 5.06. The summed E-state index contributed by atoms with van der Waals surface area (Å²) in [7, 11) is 0. The molecule has 0 aliphatic rings. The Labute approximate surface area is 113 Å². The Balaban J connectivity index is 2.35. The van der Waals surface area contributed by atoms with Gasteiger partial charge in [-0.15, -0.1) is 0 Å². The maximum atomic E-state index is 13.5. The van der Waals surface area contributed by atoms with Gasteiger partial charge < -0.3 is 14.9 Å². The van der Waals surface area contributed by atoms with Crippen LogP contribution >= 0.6 is 12.2 Å². The fraction of sp³-hybridized carbons (Fsp3) is 0.333. The molecule has 4 nitrogen and oxygen atoms in total. The number of hydrogen-bond donors (Lipinski definition) is 2. The van der Waals surface area contributed by atoms with Gasteiger partial charge in [-0.25, -0.2) is 8.78 Å². The summed E-state index contributed by atoms with van der Waals surface area (Å²) in [5, 5.41) is 2.65. The molecule has 102 valence electrons. The number of nitrogens with zero attached hydrogens (tertiary/aromatic N) is 1. The molecule has 0 atom stereocenters. The van der Waals surface area contributed by atoms with Crippen LogP contribution in [0.2, 0.25) is 0 Å². The van der Waals surface area contributed by atoms with E-state index < -0.39 is 11.6 Å². The number of halogens is 2. The molecule has 0 saturated carbocycles. The zero-order valence-corrected chi connectivity index (χ0v) is 11.1. The number of nitrogens with one attached hydrogen (secondary N) is 2. The summed E-state index contributed by atoms with van der Waals surface area (Å²) in [6.07, 6.45) is 0.202. The molecule has 0 aliphatic carbocycles. The van der Waals surface area contributed by atoms with Crippen molar-refractivity contribution in [2.45, 2.75) is 19.9 Å². The largest absolute Gasteiger partial charge is 0.356 e. The second kappa shape index (κ2) is 5.48. The lowest BCUT2D eigenvalue weighted by molar-refractivity contribution is -0.121. The van der Waals surface area contributed by atoms with Gasteiger partial charge in [0.15, 0.2) is 10.6 Å². The van der Waals surface area contributed by atoms with Gasteiger partial charge in [0, 0.05) is 25.6 Å². The number of aromatic amines is 1. The molecule has 0 aliphatic heterocycles. The molecule has 2 aromatic rings. The molecular formula is C12H13F2N3OS. The van der Waals surface area contributed by atoms with Crippen LogP contribution in [0.4, 0.5) is 8.78 Å². The van der Waals surface area contributed by atoms with E-state index in [9.17, 15) is 13.6 Å². The maximum absolute atomic E-state index is 13.5. The summed E-state index contributed by atoms with van der Waals surface area (Å²) in [6, 6.07) is 1.99. The van der Waals surface area contributed by atoms with Gasteiger partial charge in [-0.2, -0.15) is 0 Å². The summed E-state index contributed by atoms with van der Waals surface area (Å²) in [6.45, 7) is 2.63. The first-order chi connectivity index (χ1) is 9.02. The number of H-pyrrole nitrogens is 1. The Kier molecular flexibility index (Phi) is 3.94. The highest BCUT2D eigenvalue weighted by Gasteiger charge is 2.11. The topological polar surface area (TPSA) is 49.8 Å². The summed E-state index contributed by atoms with van der Waals surface area (Å²) in [4.78, 5) is 14.1. The monoisotopic (exact) mass is 285 g/mol. The quantitative estimate of drug-likeness (QED) is 0.848. The Bertz CT molecular complexity index is 677. The molecule has 2 rings (SSSR count). The van der Waals surface area contributed by atoms with Crippen molar-refractivity contribution in [3.8, 4) is 0 Å². The van der Waals surface area contributed by atoms with Gasteiger partial charge >= 0.3 is 0 Å². The number of carbonyl (C=O) groups excluding carboxylic acids is 1. The van der Waals surface area contributed by atoms with Crippen molar-refractivity contribution in [2.75, 3.05) is 6.54 Å². The molecule has 0 radical (unpaired) electrons. The number of aryl methyl sites for hydroxylation is 1. The number of carbonyl (C=O) groups is 1. The highest BCUT2D eigenvalue weighted by molar-refractivity contribution is 7.71. The molecule has 2 N–H and O–H groups in total. The minimum Gasteiger partial charge on any atom is -0.356 e. The molecule has 1 amide bonds. The van der Waals surface area contributed by atoms with Crippen LogP contribution in [-0.4, -0.2) is 22.0 Å². The zero-order chi connectivity index (χ0) is 14.0. The lowest BCUT2D eigenvalue weighted by atomic mass is 10.3. The van der Waals surface area contributed by atoms with E-state index in [0.717, 1.165) is 6.07 Å². The van der Waals surface area contributed by atoms with E-state index in [1.807, 2.05) is 6.92 Å². The van der Waals surface area contributed by atoms with Gasteiger partial charge in [0.2, 0.25) is 5.91 Å². The van der Waals surface area contributed by atoms with Crippen molar-refractivity contribution in [3.05, 3.63) is 28.5 Å². The Morgan fingerprint density at radius 3 is 2.89 bits per heavy atom. The third kappa shape index (κ3) is 2.81. The average molecular weight is 285 g/mol. The van der Waals surface area contributed by atoms with Crippen molar-refractivity contribution < 1.29 is 13.6 Å². The standard InChI is InChI=1S/C12H13F2N3OS/c1-2-15-10(18)3-4-17-9-6-7(13)5-8(14)11(9)16-12(17)19/h5-6H,2-4H2,1H3,(H,15,18)(H,16,19). The lowest BCUT2D eigenvalue weighted by Crippen LogP contribution is -2.23. The van der Waals surface area contributed by atoms with Gasteiger partial charge in [-0.3, -0.25) is 4.79 Å². The van der Waals surface area contributed by atoms with Gasteiger partial charge in [-0.1, -0.05) is 0 Å². The molecule has 7 heteroatoms. The van der Waals surface area contributed by atoms with Crippen LogP contribution in [0.25, 0.3) is 11.0 Å². The van der Waals surface area contributed by atoms with Crippen LogP contribution in [0.1, 0.15) is 13.3 Å². The van der Waals surface area contributed by atoms with Crippen molar-refractivity contribution >= 4 is 29.2 Å². The lowest BCUT2D eigenvalue weighted by Gasteiger charge is -2.05. The molecule has 1 aromatic carbocycles. The SMILES string of the molecule is CCNC(=O)CCn1c(=S)[nH]c2c(F)cc(F)cc21. The van der Waals surface area contributed by atoms with Crippen molar-refractivity contribution in [2.24, 2.45) is 0 Å². The number of amides is 1. The van der Waals surface area contributed by atoms with Gasteiger partial charge in [0.05, 0.1) is 5.52 Å². The van der Waals surface area contributed by atoms with E-state index >= 15 is 0 Å². The summed E-state index contributed by atoms with van der Waals surface area (Å²) in [5.74, 6) is -1.50. The number of aromatic nitrogens is 2. The van der Waals surface area contributed by atoms with Crippen molar-refractivity contribution in [1.82, 2.24) is 14.9 Å². The Hall–Kier alpha value is -1.76. The molecule has 0 unspecified atom stereocenters. The van der Waals surface area contributed by atoms with Crippen LogP contribution in [0.5, 0.6) is 0 Å². The fourth-order valence-electron chi connectivity index (χ4n) is 1.90. The zero-order valence-electron chi connectivity index (χ0n) is 10.3. The van der Waals surface area contributed by atoms with Gasteiger partial charge in [-0.05, 0) is 25.2 Å². The van der Waals surface area contributed by atoms with E-state index in [2.05, 4.69) is 10.3 Å². The predicted octanol–water partition coefficient (Wildman–Crippen LogP) is 2.50. The van der Waals surface area contributed by atoms with E-state index in [1.54, 1.807) is 0 Å². The molecule has 19 heavy (non-hydrogen) atoms. The number of hydrogen-bond acceptors (Lipinski definition) is 2. The highest BCUT2D eigenvalue weighted by atomic mass is 32.1. The second-order valence-electron chi connectivity index (χ2n) is 4.07. The normalized spacial score (nSPS) is 10.9. The second-order valence-corrected chi connectivity index (χ2v) is 4.45. The first-order valence-corrected chi connectivity index (χ1v) is 6.28. The van der Waals surface area contributed by atoms with Gasteiger partial charge in [0.25, 0.3) is 0 Å². The third-order valence-electron chi connectivity index (χ3n) is 2.74. The van der Waals surface area contributed by atoms with Crippen molar-refractivity contribution in [3.63, 3.8) is 0 Å². The third-order valence-corrected chi connectivity index (χ3v) is 3.06. The van der Waals surface area contributed by atoms with Gasteiger partial charge in [0.1, 0.15) is 11.3 Å². The fourth-order valence-corrected chi connectivity index (χ4v) is 2.19. The number of imidazole rings is 1. The molecule has 1 heterocycles. The van der Waals surface area contributed by atoms with Crippen LogP contribution < -0.4 is 5.32 Å². The van der Waals surface area contributed by atoms with Crippen molar-refractivity contribution in [1.29, 1.82) is 0 Å². The molecule has 0 spiro atoms. The van der Waals surface area contributed by atoms with E-state index in [-0.39, 0.29) is 29.2 Å². The van der Waals surface area contributed by atoms with E-state index in [4.69, 9.17) is 12.2 Å². The first kappa shape index (κ1) is 13.7. The summed E-state index contributed by atoms with van der Waals surface area (Å²) < 4.78 is 28.6. The summed E-state index contributed by atoms with van der Waals surface area (Å²) in [5.41, 5.74) is 0.481. The van der Waals surface area contributed by atoms with Crippen LogP contribution in [0, 0.1) is 16.4 Å². The minimum atomic E-state index is -0.696. The predicted molar refractivity (Wildman–Crippen MR) is 70.3 cm³/mol. The molecule has 0 fully saturated rings. The van der Waals surface area contributed by atoms with E-state index in [1.165, 1.54) is 10.6 Å². The minimum absolute atomic E-state index is 0.129. The Morgan fingerprint density at radius 1 is 1.47 bits per heavy atom.